The van der Waals surface area contributed by atoms with Crippen molar-refractivity contribution in [3.8, 4) is 6.07 Å². The molecule has 1 aromatic rings. The van der Waals surface area contributed by atoms with Crippen molar-refractivity contribution in [2.75, 3.05) is 13.1 Å². The maximum Gasteiger partial charge on any atom is 0.244 e. The SMILES string of the molecule is CC1(C)CCCN(S(=O)(=O)c2ccc(C#N)cc2Cl)C1. The molecule has 0 amide bonds. The molecule has 1 aliphatic heterocycles. The molecule has 0 saturated carbocycles. The zero-order chi connectivity index (χ0) is 15.0. The second-order valence-electron chi connectivity index (χ2n) is 5.86. The first-order valence-electron chi connectivity index (χ1n) is 6.46. The van der Waals surface area contributed by atoms with Crippen LogP contribution in [0.25, 0.3) is 0 Å². The maximum absolute atomic E-state index is 12.7. The Balaban J connectivity index is 2.38. The van der Waals surface area contributed by atoms with E-state index in [1.807, 2.05) is 6.07 Å². The van der Waals surface area contributed by atoms with Gasteiger partial charge in [-0.2, -0.15) is 9.57 Å². The number of nitriles is 1. The summed E-state index contributed by atoms with van der Waals surface area (Å²) in [7, 11) is -3.60. The standard InChI is InChI=1S/C14H17ClN2O2S/c1-14(2)6-3-7-17(10-14)20(18,19)13-5-4-11(9-16)8-12(13)15/h4-5,8H,3,6-7,10H2,1-2H3. The van der Waals surface area contributed by atoms with E-state index in [-0.39, 0.29) is 15.3 Å². The Kier molecular flexibility index (Phi) is 4.10. The quantitative estimate of drug-likeness (QED) is 0.843. The summed E-state index contributed by atoms with van der Waals surface area (Å²) >= 11 is 6.03. The zero-order valence-electron chi connectivity index (χ0n) is 11.6. The number of halogens is 1. The third-order valence-corrected chi connectivity index (χ3v) is 5.87. The summed E-state index contributed by atoms with van der Waals surface area (Å²) in [5.41, 5.74) is 0.331. The van der Waals surface area contributed by atoms with Crippen LogP contribution in [0, 0.1) is 16.7 Å². The van der Waals surface area contributed by atoms with Gasteiger partial charge in [-0.15, -0.1) is 0 Å². The summed E-state index contributed by atoms with van der Waals surface area (Å²) in [5, 5.41) is 8.91. The molecule has 1 fully saturated rings. The second kappa shape index (κ2) is 5.36. The number of hydrogen-bond donors (Lipinski definition) is 0. The lowest BCUT2D eigenvalue weighted by molar-refractivity contribution is 0.187. The topological polar surface area (TPSA) is 61.2 Å². The molecule has 0 N–H and O–H groups in total. The molecular formula is C14H17ClN2O2S. The van der Waals surface area contributed by atoms with Crippen LogP contribution in [0.5, 0.6) is 0 Å². The summed E-state index contributed by atoms with van der Waals surface area (Å²) in [6.45, 7) is 5.14. The summed E-state index contributed by atoms with van der Waals surface area (Å²) in [5.74, 6) is 0. The fraction of sp³-hybridized carbons (Fsp3) is 0.500. The third-order valence-electron chi connectivity index (χ3n) is 3.54. The Morgan fingerprint density at radius 2 is 2.10 bits per heavy atom. The van der Waals surface area contributed by atoms with Crippen LogP contribution in [0.3, 0.4) is 0 Å². The molecule has 0 bridgehead atoms. The molecule has 1 saturated heterocycles. The van der Waals surface area contributed by atoms with Gasteiger partial charge in [0.15, 0.2) is 0 Å². The van der Waals surface area contributed by atoms with E-state index in [1.54, 1.807) is 0 Å². The summed E-state index contributed by atoms with van der Waals surface area (Å²) in [6, 6.07) is 6.23. The summed E-state index contributed by atoms with van der Waals surface area (Å²) in [4.78, 5) is 0.0795. The minimum atomic E-state index is -3.60. The Hall–Kier alpha value is -1.09. The van der Waals surface area contributed by atoms with Gasteiger partial charge in [-0.3, -0.25) is 0 Å². The first-order valence-corrected chi connectivity index (χ1v) is 8.28. The summed E-state index contributed by atoms with van der Waals surface area (Å²) in [6.07, 6.45) is 1.86. The zero-order valence-corrected chi connectivity index (χ0v) is 13.1. The smallest absolute Gasteiger partial charge is 0.207 e. The van der Waals surface area contributed by atoms with Crippen molar-refractivity contribution in [2.45, 2.75) is 31.6 Å². The largest absolute Gasteiger partial charge is 0.244 e. The number of nitrogens with zero attached hydrogens (tertiary/aromatic N) is 2. The molecule has 1 aliphatic rings. The first kappa shape index (κ1) is 15.3. The van der Waals surface area contributed by atoms with Crippen molar-refractivity contribution in [1.82, 2.24) is 4.31 Å². The van der Waals surface area contributed by atoms with Crippen LogP contribution < -0.4 is 0 Å². The molecule has 2 rings (SSSR count). The van der Waals surface area contributed by atoms with Gasteiger partial charge in [0.05, 0.1) is 16.7 Å². The molecule has 0 atom stereocenters. The van der Waals surface area contributed by atoms with Gasteiger partial charge in [-0.1, -0.05) is 25.4 Å². The lowest BCUT2D eigenvalue weighted by Gasteiger charge is -2.37. The van der Waals surface area contributed by atoms with Gasteiger partial charge in [-0.05, 0) is 36.5 Å². The molecule has 20 heavy (non-hydrogen) atoms. The molecule has 1 aromatic carbocycles. The van der Waals surface area contributed by atoms with E-state index in [1.165, 1.54) is 22.5 Å². The van der Waals surface area contributed by atoms with Crippen molar-refractivity contribution in [2.24, 2.45) is 5.41 Å². The first-order chi connectivity index (χ1) is 9.26. The highest BCUT2D eigenvalue weighted by molar-refractivity contribution is 7.89. The van der Waals surface area contributed by atoms with Crippen molar-refractivity contribution >= 4 is 21.6 Å². The van der Waals surface area contributed by atoms with E-state index >= 15 is 0 Å². The Bertz CT molecular complexity index is 662. The van der Waals surface area contributed by atoms with Crippen LogP contribution >= 0.6 is 11.6 Å². The monoisotopic (exact) mass is 312 g/mol. The minimum Gasteiger partial charge on any atom is -0.207 e. The van der Waals surface area contributed by atoms with Crippen LogP contribution in [0.1, 0.15) is 32.3 Å². The third kappa shape index (κ3) is 2.98. The molecule has 108 valence electrons. The lowest BCUT2D eigenvalue weighted by Crippen LogP contribution is -2.43. The number of sulfonamides is 1. The van der Waals surface area contributed by atoms with E-state index in [2.05, 4.69) is 13.8 Å². The highest BCUT2D eigenvalue weighted by atomic mass is 35.5. The Morgan fingerprint density at radius 3 is 2.65 bits per heavy atom. The summed E-state index contributed by atoms with van der Waals surface area (Å²) < 4.78 is 26.8. The average Bonchev–Trinajstić information content (AvgIpc) is 2.37. The van der Waals surface area contributed by atoms with E-state index in [4.69, 9.17) is 16.9 Å². The maximum atomic E-state index is 12.7. The molecule has 0 radical (unpaired) electrons. The van der Waals surface area contributed by atoms with Crippen LogP contribution in [-0.2, 0) is 10.0 Å². The fourth-order valence-electron chi connectivity index (χ4n) is 2.49. The molecule has 0 unspecified atom stereocenters. The highest BCUT2D eigenvalue weighted by Crippen LogP contribution is 2.33. The van der Waals surface area contributed by atoms with Gasteiger partial charge in [-0.25, -0.2) is 8.42 Å². The molecule has 4 nitrogen and oxygen atoms in total. The average molecular weight is 313 g/mol. The van der Waals surface area contributed by atoms with Crippen molar-refractivity contribution in [3.63, 3.8) is 0 Å². The van der Waals surface area contributed by atoms with Crippen molar-refractivity contribution < 1.29 is 8.42 Å². The normalized spacial score (nSPS) is 19.5. The second-order valence-corrected chi connectivity index (χ2v) is 8.18. The molecule has 0 aromatic heterocycles. The molecule has 1 heterocycles. The number of hydrogen-bond acceptors (Lipinski definition) is 3. The van der Waals surface area contributed by atoms with Gasteiger partial charge in [0.2, 0.25) is 10.0 Å². The van der Waals surface area contributed by atoms with Crippen LogP contribution in [-0.4, -0.2) is 25.8 Å². The van der Waals surface area contributed by atoms with Crippen LogP contribution in [0.15, 0.2) is 23.1 Å². The van der Waals surface area contributed by atoms with Crippen LogP contribution in [0.4, 0.5) is 0 Å². The predicted molar refractivity (Wildman–Crippen MR) is 77.9 cm³/mol. The lowest BCUT2D eigenvalue weighted by atomic mass is 9.85. The Labute approximate surface area is 125 Å². The minimum absolute atomic E-state index is 0.0234. The van der Waals surface area contributed by atoms with Gasteiger partial charge in [0, 0.05) is 13.1 Å². The molecular weight excluding hydrogens is 296 g/mol. The van der Waals surface area contributed by atoms with Gasteiger partial charge < -0.3 is 0 Å². The molecule has 0 aliphatic carbocycles. The van der Waals surface area contributed by atoms with E-state index < -0.39 is 10.0 Å². The number of rotatable bonds is 2. The van der Waals surface area contributed by atoms with Crippen LogP contribution in [0.2, 0.25) is 5.02 Å². The fourth-order valence-corrected chi connectivity index (χ4v) is 4.68. The molecule has 6 heteroatoms. The van der Waals surface area contributed by atoms with Crippen molar-refractivity contribution in [1.29, 1.82) is 5.26 Å². The number of piperidine rings is 1. The van der Waals surface area contributed by atoms with E-state index in [9.17, 15) is 8.42 Å². The van der Waals surface area contributed by atoms with E-state index in [0.717, 1.165) is 12.8 Å². The predicted octanol–water partition coefficient (Wildman–Crippen LogP) is 3.02. The van der Waals surface area contributed by atoms with Gasteiger partial charge in [0.1, 0.15) is 4.90 Å². The molecule has 0 spiro atoms. The van der Waals surface area contributed by atoms with Gasteiger partial charge >= 0.3 is 0 Å². The van der Waals surface area contributed by atoms with E-state index in [0.29, 0.717) is 18.7 Å². The number of benzene rings is 1. The Morgan fingerprint density at radius 1 is 1.40 bits per heavy atom. The highest BCUT2D eigenvalue weighted by Gasteiger charge is 2.35. The van der Waals surface area contributed by atoms with Crippen molar-refractivity contribution in [3.05, 3.63) is 28.8 Å². The van der Waals surface area contributed by atoms with Gasteiger partial charge in [0.25, 0.3) is 0 Å².